The number of anilines is 3. The van der Waals surface area contributed by atoms with E-state index in [-0.39, 0.29) is 5.91 Å². The Hall–Kier alpha value is -2.56. The molecule has 0 saturated carbocycles. The van der Waals surface area contributed by atoms with Crippen molar-refractivity contribution in [3.8, 4) is 0 Å². The third-order valence-electron chi connectivity index (χ3n) is 3.72. The Balaban J connectivity index is 1.82. The fraction of sp³-hybridized carbons (Fsp3) is 0.250. The van der Waals surface area contributed by atoms with Gasteiger partial charge in [-0.3, -0.25) is 9.78 Å². The van der Waals surface area contributed by atoms with E-state index in [1.54, 1.807) is 18.3 Å². The van der Waals surface area contributed by atoms with Crippen molar-refractivity contribution in [3.63, 3.8) is 0 Å². The van der Waals surface area contributed by atoms with Crippen LogP contribution in [0.1, 0.15) is 5.69 Å². The average Bonchev–Trinajstić information content (AvgIpc) is 2.50. The number of carbonyl (C=O) groups is 1. The zero-order chi connectivity index (χ0) is 14.8. The number of para-hydroxylation sites is 2. The van der Waals surface area contributed by atoms with Gasteiger partial charge in [-0.1, -0.05) is 12.1 Å². The Kier molecular flexibility index (Phi) is 3.48. The second-order valence-electron chi connectivity index (χ2n) is 5.22. The minimum Gasteiger partial charge on any atom is -0.397 e. The largest absolute Gasteiger partial charge is 0.397 e. The van der Waals surface area contributed by atoms with Crippen LogP contribution in [-0.2, 0) is 11.2 Å². The van der Waals surface area contributed by atoms with E-state index < -0.39 is 0 Å². The van der Waals surface area contributed by atoms with E-state index in [1.165, 1.54) is 0 Å². The number of amides is 1. The Bertz CT molecular complexity index is 654. The second-order valence-corrected chi connectivity index (χ2v) is 5.22. The predicted molar refractivity (Wildman–Crippen MR) is 84.4 cm³/mol. The summed E-state index contributed by atoms with van der Waals surface area (Å²) in [4.78, 5) is 20.8. The molecule has 2 aromatic rings. The maximum Gasteiger partial charge on any atom is 0.233 e. The minimum absolute atomic E-state index is 0.0628. The Labute approximate surface area is 124 Å². The molecule has 5 heteroatoms. The molecule has 1 aromatic carbocycles. The highest BCUT2D eigenvalue weighted by Crippen LogP contribution is 2.32. The number of nitrogens with zero attached hydrogens (tertiary/aromatic N) is 3. The fourth-order valence-electron chi connectivity index (χ4n) is 2.56. The number of hydrogen-bond donors (Lipinski definition) is 1. The fourth-order valence-corrected chi connectivity index (χ4v) is 2.56. The summed E-state index contributed by atoms with van der Waals surface area (Å²) in [6.07, 6.45) is 1.87. The van der Waals surface area contributed by atoms with Crippen molar-refractivity contribution in [3.05, 3.63) is 48.3 Å². The van der Waals surface area contributed by atoms with Crippen LogP contribution in [0.5, 0.6) is 0 Å². The molecule has 0 unspecified atom stereocenters. The Morgan fingerprint density at radius 3 is 2.67 bits per heavy atom. The van der Waals surface area contributed by atoms with Crippen LogP contribution in [0.15, 0.2) is 42.6 Å². The third kappa shape index (κ3) is 2.67. The molecule has 1 aliphatic heterocycles. The van der Waals surface area contributed by atoms with Crippen molar-refractivity contribution >= 4 is 23.0 Å². The first-order valence-corrected chi connectivity index (χ1v) is 6.96. The summed E-state index contributed by atoms with van der Waals surface area (Å²) in [5, 5.41) is 0. The molecule has 0 atom stereocenters. The summed E-state index contributed by atoms with van der Waals surface area (Å²) in [5.41, 5.74) is 9.01. The first kappa shape index (κ1) is 13.4. The number of rotatable bonds is 2. The number of nitrogen functional groups attached to an aromatic ring is 1. The van der Waals surface area contributed by atoms with Gasteiger partial charge >= 0.3 is 0 Å². The maximum atomic E-state index is 12.6. The van der Waals surface area contributed by atoms with Crippen LogP contribution < -0.4 is 15.5 Å². The molecule has 0 radical (unpaired) electrons. The van der Waals surface area contributed by atoms with Gasteiger partial charge in [0.15, 0.2) is 0 Å². The number of likely N-dealkylation sites (N-methyl/N-ethyl adjacent to an activating group) is 1. The molecular formula is C16H18N4O. The molecule has 2 N–H and O–H groups in total. The molecule has 0 spiro atoms. The highest BCUT2D eigenvalue weighted by molar-refractivity contribution is 5.98. The molecule has 3 rings (SSSR count). The van der Waals surface area contributed by atoms with Gasteiger partial charge < -0.3 is 15.5 Å². The van der Waals surface area contributed by atoms with E-state index in [0.29, 0.717) is 18.7 Å². The van der Waals surface area contributed by atoms with Crippen LogP contribution in [0.2, 0.25) is 0 Å². The minimum atomic E-state index is 0.0628. The predicted octanol–water partition coefficient (Wildman–Crippen LogP) is 1.69. The van der Waals surface area contributed by atoms with Crippen LogP contribution in [0, 0.1) is 0 Å². The van der Waals surface area contributed by atoms with Gasteiger partial charge in [0.1, 0.15) is 0 Å². The first-order valence-electron chi connectivity index (χ1n) is 6.96. The van der Waals surface area contributed by atoms with Crippen molar-refractivity contribution in [1.29, 1.82) is 0 Å². The zero-order valence-corrected chi connectivity index (χ0v) is 12.0. The third-order valence-corrected chi connectivity index (χ3v) is 3.72. The molecule has 0 bridgehead atoms. The number of hydrogen-bond acceptors (Lipinski definition) is 4. The van der Waals surface area contributed by atoms with Gasteiger partial charge in [-0.05, 0) is 24.3 Å². The zero-order valence-electron chi connectivity index (χ0n) is 12.0. The second kappa shape index (κ2) is 5.44. The first-order chi connectivity index (χ1) is 10.1. The van der Waals surface area contributed by atoms with Crippen molar-refractivity contribution in [2.24, 2.45) is 0 Å². The van der Waals surface area contributed by atoms with Gasteiger partial charge in [0.2, 0.25) is 5.91 Å². The van der Waals surface area contributed by atoms with Crippen molar-refractivity contribution in [2.45, 2.75) is 6.42 Å². The summed E-state index contributed by atoms with van der Waals surface area (Å²) in [6.45, 7) is 1.53. The molecule has 108 valence electrons. The average molecular weight is 282 g/mol. The van der Waals surface area contributed by atoms with Gasteiger partial charge in [-0.25, -0.2) is 0 Å². The lowest BCUT2D eigenvalue weighted by molar-refractivity contribution is -0.118. The topological polar surface area (TPSA) is 62.5 Å². The molecule has 1 amide bonds. The summed E-state index contributed by atoms with van der Waals surface area (Å²) >= 11 is 0. The lowest BCUT2D eigenvalue weighted by Gasteiger charge is -2.35. The lowest BCUT2D eigenvalue weighted by atomic mass is 10.1. The molecule has 1 aliphatic rings. The number of fused-ring (bicyclic) bond motifs is 1. The lowest BCUT2D eigenvalue weighted by Crippen LogP contribution is -2.43. The van der Waals surface area contributed by atoms with Crippen LogP contribution >= 0.6 is 0 Å². The van der Waals surface area contributed by atoms with Gasteiger partial charge in [0.05, 0.1) is 29.7 Å². The summed E-state index contributed by atoms with van der Waals surface area (Å²) in [6, 6.07) is 11.5. The van der Waals surface area contributed by atoms with Crippen molar-refractivity contribution < 1.29 is 4.79 Å². The number of aromatic nitrogens is 1. The van der Waals surface area contributed by atoms with Gasteiger partial charge in [0, 0.05) is 25.8 Å². The maximum absolute atomic E-state index is 12.6. The van der Waals surface area contributed by atoms with Crippen LogP contribution in [-0.4, -0.2) is 31.0 Å². The van der Waals surface area contributed by atoms with Crippen LogP contribution in [0.3, 0.4) is 0 Å². The smallest absolute Gasteiger partial charge is 0.233 e. The molecule has 0 saturated heterocycles. The molecule has 2 heterocycles. The molecule has 0 fully saturated rings. The van der Waals surface area contributed by atoms with Crippen molar-refractivity contribution in [1.82, 2.24) is 4.98 Å². The molecule has 21 heavy (non-hydrogen) atoms. The van der Waals surface area contributed by atoms with E-state index >= 15 is 0 Å². The quantitative estimate of drug-likeness (QED) is 0.910. The summed E-state index contributed by atoms with van der Waals surface area (Å²) in [5.74, 6) is 0.0628. The Morgan fingerprint density at radius 1 is 1.19 bits per heavy atom. The highest BCUT2D eigenvalue weighted by atomic mass is 16.2. The van der Waals surface area contributed by atoms with Crippen LogP contribution in [0.4, 0.5) is 17.1 Å². The number of benzene rings is 1. The van der Waals surface area contributed by atoms with Crippen LogP contribution in [0.25, 0.3) is 0 Å². The monoisotopic (exact) mass is 282 g/mol. The number of pyridine rings is 1. The van der Waals surface area contributed by atoms with Gasteiger partial charge in [-0.2, -0.15) is 0 Å². The normalized spacial score (nSPS) is 14.0. The summed E-state index contributed by atoms with van der Waals surface area (Å²) < 4.78 is 0. The van der Waals surface area contributed by atoms with E-state index in [1.807, 2.05) is 36.2 Å². The van der Waals surface area contributed by atoms with E-state index in [0.717, 1.165) is 23.6 Å². The standard InChI is InChI=1S/C16H18N4O/c1-19-8-9-20(15-5-3-2-4-14(15)19)16(21)10-13-7-6-12(17)11-18-13/h2-7,11H,8-10,17H2,1H3. The number of carbonyl (C=O) groups excluding carboxylic acids is 1. The van der Waals surface area contributed by atoms with E-state index in [2.05, 4.69) is 9.88 Å². The van der Waals surface area contributed by atoms with E-state index in [9.17, 15) is 4.79 Å². The van der Waals surface area contributed by atoms with Gasteiger partial charge in [0.25, 0.3) is 0 Å². The SMILES string of the molecule is CN1CCN(C(=O)Cc2ccc(N)cn2)c2ccccc21. The van der Waals surface area contributed by atoms with E-state index in [4.69, 9.17) is 5.73 Å². The summed E-state index contributed by atoms with van der Waals surface area (Å²) in [7, 11) is 2.04. The molecular weight excluding hydrogens is 264 g/mol. The van der Waals surface area contributed by atoms with Gasteiger partial charge in [-0.15, -0.1) is 0 Å². The molecule has 1 aromatic heterocycles. The highest BCUT2D eigenvalue weighted by Gasteiger charge is 2.24. The number of nitrogens with two attached hydrogens (primary N) is 1. The van der Waals surface area contributed by atoms with Crippen molar-refractivity contribution in [2.75, 3.05) is 35.7 Å². The molecule has 0 aliphatic carbocycles. The molecule has 5 nitrogen and oxygen atoms in total. The Morgan fingerprint density at radius 2 is 1.95 bits per heavy atom.